The van der Waals surface area contributed by atoms with Gasteiger partial charge in [0.15, 0.2) is 0 Å². The number of hydrogen-bond donors (Lipinski definition) is 1. The fourth-order valence-electron chi connectivity index (χ4n) is 2.83. The van der Waals surface area contributed by atoms with Crippen LogP contribution >= 0.6 is 11.8 Å². The van der Waals surface area contributed by atoms with Gasteiger partial charge in [-0.1, -0.05) is 30.8 Å². The maximum Gasteiger partial charge on any atom is 0.288 e. The topological polar surface area (TPSA) is 49.4 Å². The summed E-state index contributed by atoms with van der Waals surface area (Å²) < 4.78 is 24.8. The van der Waals surface area contributed by atoms with Crippen molar-refractivity contribution in [3.63, 3.8) is 0 Å². The number of nitrogens with zero attached hydrogens (tertiary/aromatic N) is 1. The Morgan fingerprint density at radius 3 is 2.35 bits per heavy atom. The molecule has 1 unspecified atom stereocenters. The first-order valence-electron chi connectivity index (χ1n) is 8.25. The van der Waals surface area contributed by atoms with Crippen molar-refractivity contribution < 1.29 is 18.4 Å². The number of amides is 2. The van der Waals surface area contributed by atoms with E-state index in [9.17, 15) is 18.4 Å². The summed E-state index contributed by atoms with van der Waals surface area (Å²) in [4.78, 5) is 26.4. The molecular formula is C19H18F2N2O2S. The molecule has 1 N–H and O–H groups in total. The monoisotopic (exact) mass is 376 g/mol. The van der Waals surface area contributed by atoms with Gasteiger partial charge < -0.3 is 5.32 Å². The number of alkyl halides is 2. The largest absolute Gasteiger partial charge is 0.373 e. The molecule has 1 fully saturated rings. The van der Waals surface area contributed by atoms with E-state index in [-0.39, 0.29) is 18.2 Å². The molecule has 0 spiro atoms. The second-order valence-corrected chi connectivity index (χ2v) is 6.95. The average Bonchev–Trinajstić information content (AvgIpc) is 2.89. The SMILES string of the molecule is CCc1ccc(NC2CC(=O)N(c3ccc(SC(F)F)cc3)C2=O)cc1. The van der Waals surface area contributed by atoms with Crippen molar-refractivity contribution in [2.24, 2.45) is 0 Å². The number of carbonyl (C=O) groups is 2. The summed E-state index contributed by atoms with van der Waals surface area (Å²) in [7, 11) is 0. The Bertz CT molecular complexity index is 794. The van der Waals surface area contributed by atoms with Gasteiger partial charge in [-0.2, -0.15) is 8.78 Å². The van der Waals surface area contributed by atoms with Crippen LogP contribution < -0.4 is 10.2 Å². The predicted molar refractivity (Wildman–Crippen MR) is 98.6 cm³/mol. The van der Waals surface area contributed by atoms with Gasteiger partial charge in [-0.3, -0.25) is 9.59 Å². The van der Waals surface area contributed by atoms with Crippen molar-refractivity contribution in [3.8, 4) is 0 Å². The van der Waals surface area contributed by atoms with Gasteiger partial charge in [0.2, 0.25) is 5.91 Å². The predicted octanol–water partition coefficient (Wildman–Crippen LogP) is 4.31. The van der Waals surface area contributed by atoms with Crippen LogP contribution in [0.2, 0.25) is 0 Å². The van der Waals surface area contributed by atoms with Gasteiger partial charge >= 0.3 is 0 Å². The molecule has 1 heterocycles. The summed E-state index contributed by atoms with van der Waals surface area (Å²) in [6, 6.07) is 13.1. The number of imide groups is 1. The normalized spacial score (nSPS) is 17.2. The molecule has 2 aromatic rings. The molecule has 1 saturated heterocycles. The number of aryl methyl sites for hydroxylation is 1. The maximum atomic E-state index is 12.6. The second kappa shape index (κ2) is 7.86. The lowest BCUT2D eigenvalue weighted by atomic mass is 10.1. The third kappa shape index (κ3) is 4.04. The Morgan fingerprint density at radius 2 is 1.77 bits per heavy atom. The maximum absolute atomic E-state index is 12.6. The summed E-state index contributed by atoms with van der Waals surface area (Å²) in [5.41, 5.74) is 2.36. The second-order valence-electron chi connectivity index (χ2n) is 5.89. The highest BCUT2D eigenvalue weighted by atomic mass is 32.2. The van der Waals surface area contributed by atoms with Crippen LogP contribution in [0.25, 0.3) is 0 Å². The van der Waals surface area contributed by atoms with Gasteiger partial charge in [0, 0.05) is 10.6 Å². The molecule has 26 heavy (non-hydrogen) atoms. The van der Waals surface area contributed by atoms with Crippen molar-refractivity contribution in [1.29, 1.82) is 0 Å². The Hall–Kier alpha value is -2.41. The van der Waals surface area contributed by atoms with Crippen molar-refractivity contribution >= 4 is 35.0 Å². The zero-order chi connectivity index (χ0) is 18.7. The molecule has 136 valence electrons. The van der Waals surface area contributed by atoms with E-state index in [1.807, 2.05) is 24.3 Å². The lowest BCUT2D eigenvalue weighted by Crippen LogP contribution is -2.34. The minimum atomic E-state index is -2.51. The first-order valence-corrected chi connectivity index (χ1v) is 9.13. The van der Waals surface area contributed by atoms with Crippen molar-refractivity contribution in [2.45, 2.75) is 36.5 Å². The van der Waals surface area contributed by atoms with Gasteiger partial charge in [-0.25, -0.2) is 4.90 Å². The number of halogens is 2. The van der Waals surface area contributed by atoms with Gasteiger partial charge in [-0.15, -0.1) is 0 Å². The molecule has 7 heteroatoms. The van der Waals surface area contributed by atoms with Gasteiger partial charge in [0.1, 0.15) is 6.04 Å². The molecule has 2 amide bonds. The van der Waals surface area contributed by atoms with Gasteiger partial charge in [-0.05, 0) is 48.4 Å². The molecule has 0 aromatic heterocycles. The third-order valence-corrected chi connectivity index (χ3v) is 4.89. The molecule has 0 saturated carbocycles. The van der Waals surface area contributed by atoms with E-state index in [0.717, 1.165) is 17.0 Å². The highest BCUT2D eigenvalue weighted by molar-refractivity contribution is 7.99. The zero-order valence-corrected chi connectivity index (χ0v) is 14.9. The first-order chi connectivity index (χ1) is 12.5. The number of thioether (sulfide) groups is 1. The average molecular weight is 376 g/mol. The lowest BCUT2D eigenvalue weighted by molar-refractivity contribution is -0.121. The molecule has 0 bridgehead atoms. The summed E-state index contributed by atoms with van der Waals surface area (Å²) in [5.74, 6) is -3.17. The van der Waals surface area contributed by atoms with E-state index >= 15 is 0 Å². The van der Waals surface area contributed by atoms with Crippen LogP contribution in [0.4, 0.5) is 20.2 Å². The van der Waals surface area contributed by atoms with Crippen molar-refractivity contribution in [2.75, 3.05) is 10.2 Å². The quantitative estimate of drug-likeness (QED) is 0.603. The van der Waals surface area contributed by atoms with Crippen LogP contribution in [0, 0.1) is 0 Å². The summed E-state index contributed by atoms with van der Waals surface area (Å²) >= 11 is 0.422. The van der Waals surface area contributed by atoms with E-state index in [4.69, 9.17) is 0 Å². The van der Waals surface area contributed by atoms with E-state index in [0.29, 0.717) is 22.3 Å². The zero-order valence-electron chi connectivity index (χ0n) is 14.1. The number of rotatable bonds is 6. The lowest BCUT2D eigenvalue weighted by Gasteiger charge is -2.16. The fourth-order valence-corrected chi connectivity index (χ4v) is 3.33. The summed E-state index contributed by atoms with van der Waals surface area (Å²) in [6.07, 6.45) is 0.983. The Morgan fingerprint density at radius 1 is 1.12 bits per heavy atom. The fraction of sp³-hybridized carbons (Fsp3) is 0.263. The van der Waals surface area contributed by atoms with Crippen LogP contribution in [0.1, 0.15) is 18.9 Å². The molecule has 1 atom stereocenters. The summed E-state index contributed by atoms with van der Waals surface area (Å²) in [6.45, 7) is 2.06. The molecule has 0 aliphatic carbocycles. The highest BCUT2D eigenvalue weighted by Gasteiger charge is 2.39. The third-order valence-electron chi connectivity index (χ3n) is 4.17. The first kappa shape index (κ1) is 18.4. The van der Waals surface area contributed by atoms with Crippen molar-refractivity contribution in [3.05, 3.63) is 54.1 Å². The molecule has 0 radical (unpaired) electrons. The van der Waals surface area contributed by atoms with Gasteiger partial charge in [0.25, 0.3) is 11.7 Å². The van der Waals surface area contributed by atoms with Gasteiger partial charge in [0.05, 0.1) is 12.1 Å². The molecular weight excluding hydrogens is 358 g/mol. The molecule has 1 aliphatic rings. The van der Waals surface area contributed by atoms with Crippen LogP contribution in [0.15, 0.2) is 53.4 Å². The standard InChI is InChI=1S/C19H18F2N2O2S/c1-2-12-3-5-13(6-4-12)22-16-11-17(24)23(18(16)25)14-7-9-15(10-8-14)26-19(20)21/h3-10,16,19,22H,2,11H2,1H3. The van der Waals surface area contributed by atoms with Crippen LogP contribution in [-0.2, 0) is 16.0 Å². The molecule has 3 rings (SSSR count). The highest BCUT2D eigenvalue weighted by Crippen LogP contribution is 2.30. The Kier molecular flexibility index (Phi) is 5.56. The summed E-state index contributed by atoms with van der Waals surface area (Å²) in [5, 5.41) is 3.09. The molecule has 2 aromatic carbocycles. The van der Waals surface area contributed by atoms with E-state index in [1.54, 1.807) is 0 Å². The minimum Gasteiger partial charge on any atom is -0.373 e. The smallest absolute Gasteiger partial charge is 0.288 e. The van der Waals surface area contributed by atoms with Crippen LogP contribution in [0.3, 0.4) is 0 Å². The van der Waals surface area contributed by atoms with Crippen LogP contribution in [0.5, 0.6) is 0 Å². The Balaban J connectivity index is 1.71. The number of nitrogens with one attached hydrogen (secondary N) is 1. The minimum absolute atomic E-state index is 0.0574. The van der Waals surface area contributed by atoms with Crippen LogP contribution in [-0.4, -0.2) is 23.6 Å². The number of anilines is 2. The number of carbonyl (C=O) groups excluding carboxylic acids is 2. The molecule has 4 nitrogen and oxygen atoms in total. The van der Waals surface area contributed by atoms with E-state index in [2.05, 4.69) is 12.2 Å². The van der Waals surface area contributed by atoms with E-state index in [1.165, 1.54) is 29.8 Å². The molecule has 1 aliphatic heterocycles. The van der Waals surface area contributed by atoms with E-state index < -0.39 is 11.8 Å². The number of hydrogen-bond acceptors (Lipinski definition) is 4. The number of benzene rings is 2. The Labute approximate surface area is 154 Å². The van der Waals surface area contributed by atoms with Crippen molar-refractivity contribution in [1.82, 2.24) is 0 Å².